The van der Waals surface area contributed by atoms with E-state index in [1.165, 1.54) is 0 Å². The number of hydrogen-bond donors (Lipinski definition) is 0. The van der Waals surface area contributed by atoms with Crippen LogP contribution in [-0.4, -0.2) is 37.1 Å². The molecule has 2 aromatic rings. The standard InChI is InChI=1S/C17H14F6N2O2S2/c18-16(19,20)9-7-10-12(11(8-9)17(21,22)23)29-14(24-13(10)28)25-3-1-15(2-4-25)26-5-6-27-15/h7-8H,1-6H2. The van der Waals surface area contributed by atoms with Gasteiger partial charge < -0.3 is 14.4 Å². The lowest BCUT2D eigenvalue weighted by atomic mass is 10.0. The number of aromatic nitrogens is 1. The molecule has 2 aliphatic rings. The Morgan fingerprint density at radius 2 is 1.62 bits per heavy atom. The van der Waals surface area contributed by atoms with E-state index >= 15 is 0 Å². The third-order valence-corrected chi connectivity index (χ3v) is 6.44. The number of ether oxygens (including phenoxy) is 2. The van der Waals surface area contributed by atoms with E-state index in [1.54, 1.807) is 4.90 Å². The summed E-state index contributed by atoms with van der Waals surface area (Å²) in [6.07, 6.45) is -8.88. The fourth-order valence-corrected chi connectivity index (χ4v) is 5.04. The lowest BCUT2D eigenvalue weighted by Gasteiger charge is -2.37. The molecule has 1 aromatic carbocycles. The molecule has 4 rings (SSSR count). The van der Waals surface area contributed by atoms with Crippen molar-refractivity contribution in [2.45, 2.75) is 31.0 Å². The minimum absolute atomic E-state index is 0.128. The molecular weight excluding hydrogens is 442 g/mol. The Labute approximate surface area is 170 Å². The molecule has 29 heavy (non-hydrogen) atoms. The van der Waals surface area contributed by atoms with Crippen molar-refractivity contribution < 1.29 is 35.8 Å². The number of alkyl halides is 6. The summed E-state index contributed by atoms with van der Waals surface area (Å²) in [5, 5.41) is -0.0903. The Kier molecular flexibility index (Phi) is 5.03. The van der Waals surface area contributed by atoms with Crippen molar-refractivity contribution in [3.63, 3.8) is 0 Å². The third-order valence-electron chi connectivity index (χ3n) is 4.95. The van der Waals surface area contributed by atoms with Gasteiger partial charge in [0.25, 0.3) is 0 Å². The number of rotatable bonds is 1. The number of anilines is 1. The molecular formula is C17H14F6N2O2S2. The molecule has 1 aromatic heterocycles. The summed E-state index contributed by atoms with van der Waals surface area (Å²) in [5.74, 6) is -0.673. The topological polar surface area (TPSA) is 34.6 Å². The average molecular weight is 456 g/mol. The maximum Gasteiger partial charge on any atom is 0.417 e. The van der Waals surface area contributed by atoms with Crippen LogP contribution in [0.1, 0.15) is 24.0 Å². The highest BCUT2D eigenvalue weighted by molar-refractivity contribution is 7.71. The van der Waals surface area contributed by atoms with Crippen LogP contribution in [0, 0.1) is 4.64 Å². The van der Waals surface area contributed by atoms with Gasteiger partial charge in [-0.2, -0.15) is 26.3 Å². The smallest absolute Gasteiger partial charge is 0.348 e. The van der Waals surface area contributed by atoms with Crippen LogP contribution in [0.4, 0.5) is 31.5 Å². The highest BCUT2D eigenvalue weighted by atomic mass is 32.1. The first-order valence-electron chi connectivity index (χ1n) is 8.65. The van der Waals surface area contributed by atoms with Crippen molar-refractivity contribution in [3.05, 3.63) is 27.9 Å². The van der Waals surface area contributed by atoms with Crippen LogP contribution in [0.5, 0.6) is 0 Å². The van der Waals surface area contributed by atoms with E-state index < -0.39 is 29.3 Å². The monoisotopic (exact) mass is 456 g/mol. The quantitative estimate of drug-likeness (QED) is 0.424. The van der Waals surface area contributed by atoms with Gasteiger partial charge >= 0.3 is 12.4 Å². The van der Waals surface area contributed by atoms with Crippen molar-refractivity contribution in [1.29, 1.82) is 0 Å². The van der Waals surface area contributed by atoms with E-state index in [0.717, 1.165) is 0 Å². The van der Waals surface area contributed by atoms with Crippen molar-refractivity contribution in [1.82, 2.24) is 4.98 Å². The van der Waals surface area contributed by atoms with Gasteiger partial charge in [-0.3, -0.25) is 0 Å². The fourth-order valence-electron chi connectivity index (χ4n) is 3.49. The Hall–Kier alpha value is -1.50. The molecule has 0 atom stereocenters. The van der Waals surface area contributed by atoms with E-state index in [4.69, 9.17) is 21.7 Å². The Bertz CT molecular complexity index is 988. The summed E-state index contributed by atoms with van der Waals surface area (Å²) in [6.45, 7) is 1.82. The molecule has 4 nitrogen and oxygen atoms in total. The number of piperidine rings is 1. The Balaban J connectivity index is 1.77. The fraction of sp³-hybridized carbons (Fsp3) is 0.529. The van der Waals surface area contributed by atoms with E-state index in [0.29, 0.717) is 56.5 Å². The zero-order valence-electron chi connectivity index (χ0n) is 14.7. The van der Waals surface area contributed by atoms with E-state index in [9.17, 15) is 26.3 Å². The molecule has 0 amide bonds. The van der Waals surface area contributed by atoms with Crippen molar-refractivity contribution in [2.75, 3.05) is 31.2 Å². The lowest BCUT2D eigenvalue weighted by Crippen LogP contribution is -2.45. The summed E-state index contributed by atoms with van der Waals surface area (Å²) in [7, 11) is 0. The third kappa shape index (κ3) is 3.94. The number of benzene rings is 1. The molecule has 12 heteroatoms. The minimum Gasteiger partial charge on any atom is -0.348 e. The highest BCUT2D eigenvalue weighted by Crippen LogP contribution is 2.43. The summed E-state index contributed by atoms with van der Waals surface area (Å²) >= 11 is 5.75. The predicted molar refractivity (Wildman–Crippen MR) is 96.5 cm³/mol. The van der Waals surface area contributed by atoms with Crippen LogP contribution in [0.15, 0.2) is 12.1 Å². The van der Waals surface area contributed by atoms with E-state index in [1.807, 2.05) is 0 Å². The second kappa shape index (κ2) is 7.03. The van der Waals surface area contributed by atoms with Crippen LogP contribution < -0.4 is 4.90 Å². The molecule has 0 radical (unpaired) electrons. The molecule has 1 spiro atoms. The maximum atomic E-state index is 13.5. The predicted octanol–water partition coefficient (Wildman–Crippen LogP) is 5.41. The van der Waals surface area contributed by atoms with Crippen molar-refractivity contribution in [3.8, 4) is 0 Å². The summed E-state index contributed by atoms with van der Waals surface area (Å²) in [4.78, 5) is 5.89. The number of hydrogen-bond acceptors (Lipinski definition) is 6. The van der Waals surface area contributed by atoms with E-state index in [-0.39, 0.29) is 25.9 Å². The zero-order valence-corrected chi connectivity index (χ0v) is 16.3. The molecule has 2 aliphatic heterocycles. The second-order valence-electron chi connectivity index (χ2n) is 6.79. The van der Waals surface area contributed by atoms with Gasteiger partial charge in [0.2, 0.25) is 0 Å². The SMILES string of the molecule is FC(F)(F)c1cc(C(F)(F)F)c2sc(N3CCC4(CC3)OCCO4)nc(=S)c2c1. The first kappa shape index (κ1) is 20.8. The summed E-state index contributed by atoms with van der Waals surface area (Å²) in [5.41, 5.74) is -2.77. The normalized spacial score (nSPS) is 20.0. The molecule has 158 valence electrons. The Morgan fingerprint density at radius 3 is 2.17 bits per heavy atom. The van der Waals surface area contributed by atoms with Gasteiger partial charge in [0.1, 0.15) is 4.64 Å². The molecule has 0 unspecified atom stereocenters. The lowest BCUT2D eigenvalue weighted by molar-refractivity contribution is -0.169. The molecule has 0 aliphatic carbocycles. The van der Waals surface area contributed by atoms with Gasteiger partial charge in [-0.1, -0.05) is 23.6 Å². The Morgan fingerprint density at radius 1 is 1.00 bits per heavy atom. The van der Waals surface area contributed by atoms with Crippen molar-refractivity contribution in [2.24, 2.45) is 0 Å². The zero-order chi connectivity index (χ0) is 21.0. The molecule has 0 saturated carbocycles. The molecule has 3 heterocycles. The van der Waals surface area contributed by atoms with Crippen molar-refractivity contribution >= 4 is 38.8 Å². The van der Waals surface area contributed by atoms with Crippen LogP contribution in [-0.2, 0) is 21.8 Å². The van der Waals surface area contributed by atoms with Gasteiger partial charge in [0.15, 0.2) is 10.9 Å². The average Bonchev–Trinajstić information content (AvgIpc) is 3.08. The van der Waals surface area contributed by atoms with Crippen LogP contribution in [0.2, 0.25) is 0 Å². The molecule has 0 N–H and O–H groups in total. The molecule has 2 saturated heterocycles. The van der Waals surface area contributed by atoms with Gasteiger partial charge in [-0.15, -0.1) is 0 Å². The summed E-state index contributed by atoms with van der Waals surface area (Å²) < 4.78 is 90.4. The van der Waals surface area contributed by atoms with Crippen LogP contribution in [0.3, 0.4) is 0 Å². The van der Waals surface area contributed by atoms with Gasteiger partial charge in [-0.05, 0) is 12.1 Å². The number of fused-ring (bicyclic) bond motifs is 1. The van der Waals surface area contributed by atoms with Gasteiger partial charge in [0.05, 0.1) is 29.0 Å². The second-order valence-corrected chi connectivity index (χ2v) is 8.16. The largest absolute Gasteiger partial charge is 0.417 e. The van der Waals surface area contributed by atoms with E-state index in [2.05, 4.69) is 4.98 Å². The molecule has 0 bridgehead atoms. The first-order valence-corrected chi connectivity index (χ1v) is 9.87. The molecule has 2 fully saturated rings. The van der Waals surface area contributed by atoms with Gasteiger partial charge in [-0.25, -0.2) is 4.98 Å². The van der Waals surface area contributed by atoms with Crippen LogP contribution >= 0.6 is 23.6 Å². The number of nitrogens with zero attached hydrogens (tertiary/aromatic N) is 2. The number of halogens is 6. The minimum atomic E-state index is -4.96. The van der Waals surface area contributed by atoms with Gasteiger partial charge in [0, 0.05) is 31.3 Å². The highest BCUT2D eigenvalue weighted by Gasteiger charge is 2.41. The van der Waals surface area contributed by atoms with Crippen LogP contribution in [0.25, 0.3) is 10.1 Å². The first-order chi connectivity index (χ1) is 13.5. The summed E-state index contributed by atoms with van der Waals surface area (Å²) in [6, 6.07) is 0.758. The maximum absolute atomic E-state index is 13.5.